The summed E-state index contributed by atoms with van der Waals surface area (Å²) >= 11 is 2.18. The lowest BCUT2D eigenvalue weighted by atomic mass is 9.87. The average molecular weight is 677 g/mol. The van der Waals surface area contributed by atoms with Gasteiger partial charge in [-0.25, -0.2) is 0 Å². The first-order valence-electron chi connectivity index (χ1n) is 14.5. The standard InChI is InChI=1S/C32H41IN2O6/c1-40-25-10-6-9-23(19-25)15-17-35(30(37)14-13-22-7-2-3-8-22)27-20-24(32(39)34-16-18-36)21-29(31(27)38)41-28-12-5-4-11-26(28)33/h4-6,9-12,19,21-22,27,29,31,36,38H,2-3,7-8,13-18,20H2,1H3,(H,34,39)/t27-,29+,31+/m1/s1. The highest BCUT2D eigenvalue weighted by molar-refractivity contribution is 14.1. The Hall–Kier alpha value is -2.63. The van der Waals surface area contributed by atoms with Gasteiger partial charge in [-0.05, 0) is 77.3 Å². The number of rotatable bonds is 13. The molecule has 0 saturated heterocycles. The molecule has 0 radical (unpaired) electrons. The predicted molar refractivity (Wildman–Crippen MR) is 166 cm³/mol. The van der Waals surface area contributed by atoms with Gasteiger partial charge in [-0.1, -0.05) is 49.9 Å². The fraction of sp³-hybridized carbons (Fsp3) is 0.500. The van der Waals surface area contributed by atoms with Crippen molar-refractivity contribution >= 4 is 34.4 Å². The molecule has 41 heavy (non-hydrogen) atoms. The molecule has 1 saturated carbocycles. The van der Waals surface area contributed by atoms with E-state index >= 15 is 0 Å². The van der Waals surface area contributed by atoms with Crippen LogP contribution in [0.25, 0.3) is 0 Å². The van der Waals surface area contributed by atoms with Crippen molar-refractivity contribution in [2.45, 2.75) is 69.6 Å². The minimum atomic E-state index is -1.04. The first-order chi connectivity index (χ1) is 19.9. The third-order valence-corrected chi connectivity index (χ3v) is 8.94. The summed E-state index contributed by atoms with van der Waals surface area (Å²) < 4.78 is 12.5. The van der Waals surface area contributed by atoms with Gasteiger partial charge in [0.15, 0.2) is 0 Å². The van der Waals surface area contributed by atoms with E-state index in [4.69, 9.17) is 9.47 Å². The predicted octanol–water partition coefficient (Wildman–Crippen LogP) is 4.26. The maximum absolute atomic E-state index is 13.9. The van der Waals surface area contributed by atoms with Gasteiger partial charge in [-0.2, -0.15) is 0 Å². The number of aliphatic hydroxyl groups is 2. The quantitative estimate of drug-likeness (QED) is 0.274. The SMILES string of the molecule is COc1cccc(CCN(C(=O)CCC2CCCC2)[C@@H]2CC(C(=O)NCCO)=C[C@H](Oc3ccccc3I)[C@H]2O)c1. The second-order valence-corrected chi connectivity index (χ2v) is 12.0. The Kier molecular flexibility index (Phi) is 11.9. The summed E-state index contributed by atoms with van der Waals surface area (Å²) in [5, 5.41) is 23.6. The van der Waals surface area contributed by atoms with Crippen LogP contribution in [0, 0.1) is 9.49 Å². The van der Waals surface area contributed by atoms with Crippen molar-refractivity contribution < 1.29 is 29.3 Å². The van der Waals surface area contributed by atoms with E-state index in [2.05, 4.69) is 27.9 Å². The molecule has 0 bridgehead atoms. The number of para-hydroxylation sites is 1. The number of methoxy groups -OCH3 is 1. The number of carbonyl (C=O) groups excluding carboxylic acids is 2. The highest BCUT2D eigenvalue weighted by Gasteiger charge is 2.40. The van der Waals surface area contributed by atoms with Gasteiger partial charge in [0, 0.05) is 31.5 Å². The zero-order valence-corrected chi connectivity index (χ0v) is 25.8. The number of nitrogens with zero attached hydrogens (tertiary/aromatic N) is 1. The monoisotopic (exact) mass is 676 g/mol. The van der Waals surface area contributed by atoms with Gasteiger partial charge in [0.1, 0.15) is 23.7 Å². The lowest BCUT2D eigenvalue weighted by Crippen LogP contribution is -2.55. The fourth-order valence-corrected chi connectivity index (χ4v) is 6.30. The summed E-state index contributed by atoms with van der Waals surface area (Å²) in [5.74, 6) is 1.55. The van der Waals surface area contributed by atoms with E-state index in [1.54, 1.807) is 18.1 Å². The summed E-state index contributed by atoms with van der Waals surface area (Å²) in [7, 11) is 1.63. The Labute approximate surface area is 256 Å². The number of halogens is 1. The van der Waals surface area contributed by atoms with Crippen LogP contribution in [-0.2, 0) is 16.0 Å². The van der Waals surface area contributed by atoms with Crippen LogP contribution in [0.3, 0.4) is 0 Å². The van der Waals surface area contributed by atoms with Gasteiger partial charge >= 0.3 is 0 Å². The molecule has 0 aromatic heterocycles. The van der Waals surface area contributed by atoms with Crippen molar-refractivity contribution in [1.29, 1.82) is 0 Å². The molecule has 4 rings (SSSR count). The molecule has 0 spiro atoms. The number of hydrogen-bond donors (Lipinski definition) is 3. The molecular formula is C32H41IN2O6. The van der Waals surface area contributed by atoms with E-state index < -0.39 is 18.2 Å². The number of nitrogens with one attached hydrogen (secondary N) is 1. The van der Waals surface area contributed by atoms with Crippen LogP contribution < -0.4 is 14.8 Å². The molecule has 0 aliphatic heterocycles. The molecule has 2 aromatic rings. The van der Waals surface area contributed by atoms with Crippen molar-refractivity contribution in [2.75, 3.05) is 26.8 Å². The molecule has 0 heterocycles. The normalized spacial score (nSPS) is 20.8. The molecule has 1 fully saturated rings. The van der Waals surface area contributed by atoms with E-state index in [0.29, 0.717) is 36.6 Å². The molecule has 222 valence electrons. The average Bonchev–Trinajstić information content (AvgIpc) is 3.51. The highest BCUT2D eigenvalue weighted by Crippen LogP contribution is 2.32. The number of benzene rings is 2. The maximum Gasteiger partial charge on any atom is 0.247 e. The molecule has 2 amide bonds. The van der Waals surface area contributed by atoms with Crippen molar-refractivity contribution in [1.82, 2.24) is 10.2 Å². The van der Waals surface area contributed by atoms with E-state index in [1.807, 2.05) is 48.5 Å². The number of carbonyl (C=O) groups is 2. The van der Waals surface area contributed by atoms with Gasteiger partial charge in [-0.3, -0.25) is 9.59 Å². The summed E-state index contributed by atoms with van der Waals surface area (Å²) in [4.78, 5) is 28.7. The Bertz CT molecular complexity index is 1200. The van der Waals surface area contributed by atoms with Gasteiger partial charge < -0.3 is 29.9 Å². The molecule has 3 atom stereocenters. The number of ether oxygens (including phenoxy) is 2. The third-order valence-electron chi connectivity index (χ3n) is 8.05. The van der Waals surface area contributed by atoms with Gasteiger partial charge in [0.05, 0.1) is 23.3 Å². The zero-order chi connectivity index (χ0) is 29.2. The maximum atomic E-state index is 13.9. The zero-order valence-electron chi connectivity index (χ0n) is 23.6. The fourth-order valence-electron chi connectivity index (χ4n) is 5.79. The summed E-state index contributed by atoms with van der Waals surface area (Å²) in [6.07, 6.45) is 6.54. The van der Waals surface area contributed by atoms with Crippen molar-refractivity contribution in [3.8, 4) is 11.5 Å². The van der Waals surface area contributed by atoms with E-state index in [9.17, 15) is 19.8 Å². The van der Waals surface area contributed by atoms with E-state index in [0.717, 1.165) is 34.1 Å². The molecule has 8 nitrogen and oxygen atoms in total. The summed E-state index contributed by atoms with van der Waals surface area (Å²) in [6.45, 7) is 0.324. The van der Waals surface area contributed by atoms with Crippen molar-refractivity contribution in [3.05, 3.63) is 69.3 Å². The van der Waals surface area contributed by atoms with Crippen LogP contribution in [0.5, 0.6) is 11.5 Å². The van der Waals surface area contributed by atoms with E-state index in [-0.39, 0.29) is 31.4 Å². The highest BCUT2D eigenvalue weighted by atomic mass is 127. The van der Waals surface area contributed by atoms with Crippen molar-refractivity contribution in [3.63, 3.8) is 0 Å². The molecule has 2 aliphatic carbocycles. The molecule has 3 N–H and O–H groups in total. The van der Waals surface area contributed by atoms with Crippen molar-refractivity contribution in [2.24, 2.45) is 5.92 Å². The topological polar surface area (TPSA) is 108 Å². The largest absolute Gasteiger partial charge is 0.497 e. The first kappa shape index (κ1) is 31.3. The lowest BCUT2D eigenvalue weighted by molar-refractivity contribution is -0.138. The third kappa shape index (κ3) is 8.68. The van der Waals surface area contributed by atoms with Gasteiger partial charge in [0.2, 0.25) is 11.8 Å². The smallest absolute Gasteiger partial charge is 0.247 e. The van der Waals surface area contributed by atoms with Gasteiger partial charge in [0.25, 0.3) is 0 Å². The van der Waals surface area contributed by atoms with Gasteiger partial charge in [-0.15, -0.1) is 0 Å². The second-order valence-electron chi connectivity index (χ2n) is 10.8. The van der Waals surface area contributed by atoms with Crippen LogP contribution in [0.2, 0.25) is 0 Å². The number of amides is 2. The Morgan fingerprint density at radius 1 is 1.12 bits per heavy atom. The number of hydrogen-bond acceptors (Lipinski definition) is 6. The van der Waals surface area contributed by atoms with Crippen LogP contribution >= 0.6 is 22.6 Å². The van der Waals surface area contributed by atoms with Crippen LogP contribution in [0.1, 0.15) is 50.5 Å². The molecule has 0 unspecified atom stereocenters. The lowest BCUT2D eigenvalue weighted by Gasteiger charge is -2.41. The Balaban J connectivity index is 1.61. The summed E-state index contributed by atoms with van der Waals surface area (Å²) in [6, 6.07) is 14.6. The van der Waals surface area contributed by atoms with Crippen LogP contribution in [-0.4, -0.2) is 72.0 Å². The molecular weight excluding hydrogens is 635 g/mol. The second kappa shape index (κ2) is 15.6. The van der Waals surface area contributed by atoms with E-state index in [1.165, 1.54) is 12.8 Å². The molecule has 2 aliphatic rings. The Morgan fingerprint density at radius 2 is 1.90 bits per heavy atom. The molecule has 9 heteroatoms. The summed E-state index contributed by atoms with van der Waals surface area (Å²) in [5.41, 5.74) is 1.45. The molecule has 2 aromatic carbocycles. The minimum absolute atomic E-state index is 0.0195. The van der Waals surface area contributed by atoms with Crippen LogP contribution in [0.15, 0.2) is 60.2 Å². The minimum Gasteiger partial charge on any atom is -0.497 e. The van der Waals surface area contributed by atoms with Crippen LogP contribution in [0.4, 0.5) is 0 Å². The number of aliphatic hydroxyl groups excluding tert-OH is 2. The Morgan fingerprint density at radius 3 is 2.63 bits per heavy atom. The first-order valence-corrected chi connectivity index (χ1v) is 15.6.